The summed E-state index contributed by atoms with van der Waals surface area (Å²) in [5, 5.41) is 18.5. The first kappa shape index (κ1) is 21.8. The standard InChI is InChI=1S/C26H29FO3/c1-25(2)14-20(15-26(3,4)16-25)24(19-10-11-22(28)21(27)13-19)18-8-5-17(6-9-18)7-12-23(29)30/h5-13,28H,14-16H2,1-4H3,(H,29,30). The van der Waals surface area contributed by atoms with Gasteiger partial charge in [0.25, 0.3) is 0 Å². The molecule has 0 saturated heterocycles. The van der Waals surface area contributed by atoms with Gasteiger partial charge in [-0.05, 0) is 70.6 Å². The van der Waals surface area contributed by atoms with Crippen LogP contribution in [-0.2, 0) is 4.79 Å². The molecule has 3 nitrogen and oxygen atoms in total. The zero-order valence-corrected chi connectivity index (χ0v) is 18.0. The van der Waals surface area contributed by atoms with Crippen LogP contribution in [0.5, 0.6) is 5.75 Å². The molecule has 2 aromatic rings. The summed E-state index contributed by atoms with van der Waals surface area (Å²) in [6.07, 6.45) is 5.59. The molecule has 158 valence electrons. The van der Waals surface area contributed by atoms with Gasteiger partial charge in [0.1, 0.15) is 0 Å². The Morgan fingerprint density at radius 1 is 0.967 bits per heavy atom. The van der Waals surface area contributed by atoms with E-state index in [-0.39, 0.29) is 16.6 Å². The Morgan fingerprint density at radius 3 is 2.07 bits per heavy atom. The molecule has 1 fully saturated rings. The van der Waals surface area contributed by atoms with E-state index >= 15 is 0 Å². The molecule has 0 aromatic heterocycles. The summed E-state index contributed by atoms with van der Waals surface area (Å²) in [5.41, 5.74) is 4.99. The minimum atomic E-state index is -0.992. The van der Waals surface area contributed by atoms with Crippen LogP contribution in [0.15, 0.2) is 54.1 Å². The Balaban J connectivity index is 2.15. The third kappa shape index (κ3) is 5.18. The average molecular weight is 409 g/mol. The van der Waals surface area contributed by atoms with Gasteiger partial charge in [0.2, 0.25) is 0 Å². The largest absolute Gasteiger partial charge is 0.505 e. The van der Waals surface area contributed by atoms with Crippen LogP contribution in [0.1, 0.15) is 63.6 Å². The lowest BCUT2D eigenvalue weighted by Gasteiger charge is -2.43. The first-order valence-electron chi connectivity index (χ1n) is 10.2. The lowest BCUT2D eigenvalue weighted by molar-refractivity contribution is -0.131. The number of carboxylic acid groups (broad SMARTS) is 1. The number of hydrogen-bond donors (Lipinski definition) is 2. The Bertz CT molecular complexity index is 993. The fourth-order valence-corrected chi connectivity index (χ4v) is 4.98. The highest BCUT2D eigenvalue weighted by molar-refractivity contribution is 5.86. The highest BCUT2D eigenvalue weighted by Crippen LogP contribution is 2.51. The number of rotatable bonds is 4. The van der Waals surface area contributed by atoms with E-state index in [1.807, 2.05) is 24.3 Å². The summed E-state index contributed by atoms with van der Waals surface area (Å²) in [6, 6.07) is 12.2. The maximum atomic E-state index is 14.2. The zero-order chi connectivity index (χ0) is 22.1. The van der Waals surface area contributed by atoms with E-state index in [2.05, 4.69) is 27.7 Å². The summed E-state index contributed by atoms with van der Waals surface area (Å²) in [5.74, 6) is -1.99. The van der Waals surface area contributed by atoms with Gasteiger partial charge in [0, 0.05) is 6.08 Å². The molecule has 3 rings (SSSR count). The molecule has 0 atom stereocenters. The molecule has 0 aliphatic heterocycles. The third-order valence-corrected chi connectivity index (χ3v) is 5.55. The van der Waals surface area contributed by atoms with Crippen molar-refractivity contribution in [1.82, 2.24) is 0 Å². The lowest BCUT2D eigenvalue weighted by Crippen LogP contribution is -2.30. The minimum absolute atomic E-state index is 0.127. The molecule has 4 heteroatoms. The Labute approximate surface area is 177 Å². The molecule has 2 aromatic carbocycles. The van der Waals surface area contributed by atoms with Gasteiger partial charge in [-0.3, -0.25) is 0 Å². The van der Waals surface area contributed by atoms with Crippen LogP contribution < -0.4 is 0 Å². The topological polar surface area (TPSA) is 57.5 Å². The molecule has 2 N–H and O–H groups in total. The fourth-order valence-electron chi connectivity index (χ4n) is 4.98. The van der Waals surface area contributed by atoms with Gasteiger partial charge in [-0.1, -0.05) is 63.6 Å². The maximum Gasteiger partial charge on any atom is 0.328 e. The van der Waals surface area contributed by atoms with E-state index in [9.17, 15) is 14.3 Å². The van der Waals surface area contributed by atoms with Gasteiger partial charge in [0.05, 0.1) is 0 Å². The van der Waals surface area contributed by atoms with Gasteiger partial charge in [-0.25, -0.2) is 9.18 Å². The predicted molar refractivity (Wildman–Crippen MR) is 119 cm³/mol. The van der Waals surface area contributed by atoms with E-state index in [4.69, 9.17) is 5.11 Å². The van der Waals surface area contributed by atoms with E-state index in [0.717, 1.165) is 47.6 Å². The number of aliphatic carboxylic acids is 1. The lowest BCUT2D eigenvalue weighted by atomic mass is 9.62. The quantitative estimate of drug-likeness (QED) is 0.556. The van der Waals surface area contributed by atoms with Crippen molar-refractivity contribution < 1.29 is 19.4 Å². The molecule has 1 saturated carbocycles. The number of carboxylic acids is 1. The number of phenols is 1. The van der Waals surface area contributed by atoms with Crippen molar-refractivity contribution in [2.24, 2.45) is 10.8 Å². The molecule has 0 spiro atoms. The normalized spacial score (nSPS) is 17.8. The van der Waals surface area contributed by atoms with E-state index in [1.165, 1.54) is 17.7 Å². The van der Waals surface area contributed by atoms with Crippen molar-refractivity contribution in [3.63, 3.8) is 0 Å². The molecule has 0 unspecified atom stereocenters. The molecule has 1 aliphatic rings. The number of allylic oxidation sites excluding steroid dienone is 1. The average Bonchev–Trinajstić information content (AvgIpc) is 2.61. The summed E-state index contributed by atoms with van der Waals surface area (Å²) in [6.45, 7) is 9.07. The molecule has 0 heterocycles. The van der Waals surface area contributed by atoms with Gasteiger partial charge >= 0.3 is 5.97 Å². The van der Waals surface area contributed by atoms with Crippen molar-refractivity contribution in [3.8, 4) is 5.75 Å². The molecule has 1 aliphatic carbocycles. The first-order chi connectivity index (χ1) is 14.0. The third-order valence-electron chi connectivity index (χ3n) is 5.55. The van der Waals surface area contributed by atoms with Gasteiger partial charge < -0.3 is 10.2 Å². The Morgan fingerprint density at radius 2 is 1.53 bits per heavy atom. The highest BCUT2D eigenvalue weighted by Gasteiger charge is 2.37. The fraction of sp³-hybridized carbons (Fsp3) is 0.346. The molecule has 0 amide bonds. The smallest absolute Gasteiger partial charge is 0.328 e. The van der Waals surface area contributed by atoms with Crippen molar-refractivity contribution in [1.29, 1.82) is 0 Å². The van der Waals surface area contributed by atoms with Crippen LogP contribution in [0.25, 0.3) is 11.6 Å². The van der Waals surface area contributed by atoms with Gasteiger partial charge in [0.15, 0.2) is 11.6 Å². The number of aromatic hydroxyl groups is 1. The van der Waals surface area contributed by atoms with Crippen molar-refractivity contribution >= 4 is 17.6 Å². The van der Waals surface area contributed by atoms with Crippen LogP contribution in [0.2, 0.25) is 0 Å². The zero-order valence-electron chi connectivity index (χ0n) is 18.0. The van der Waals surface area contributed by atoms with Crippen LogP contribution in [0.4, 0.5) is 4.39 Å². The number of phenolic OH excluding ortho intramolecular Hbond substituents is 1. The van der Waals surface area contributed by atoms with Crippen LogP contribution >= 0.6 is 0 Å². The van der Waals surface area contributed by atoms with Gasteiger partial charge in [-0.15, -0.1) is 0 Å². The summed E-state index contributed by atoms with van der Waals surface area (Å²) >= 11 is 0. The second-order valence-electron chi connectivity index (χ2n) is 9.80. The van der Waals surface area contributed by atoms with Crippen LogP contribution in [0.3, 0.4) is 0 Å². The second-order valence-corrected chi connectivity index (χ2v) is 9.80. The van der Waals surface area contributed by atoms with Crippen molar-refractivity contribution in [2.45, 2.75) is 47.0 Å². The molecule has 0 bridgehead atoms. The number of carbonyl (C=O) groups is 1. The summed E-state index contributed by atoms with van der Waals surface area (Å²) < 4.78 is 14.2. The predicted octanol–water partition coefficient (Wildman–Crippen LogP) is 6.67. The Hall–Kier alpha value is -2.88. The van der Waals surface area contributed by atoms with Crippen LogP contribution in [-0.4, -0.2) is 16.2 Å². The van der Waals surface area contributed by atoms with E-state index in [0.29, 0.717) is 0 Å². The SMILES string of the molecule is CC1(C)CC(=C(c2ccc(C=CC(=O)O)cc2)c2ccc(O)c(F)c2)CC(C)(C)C1. The minimum Gasteiger partial charge on any atom is -0.505 e. The highest BCUT2D eigenvalue weighted by atomic mass is 19.1. The molecule has 0 radical (unpaired) electrons. The van der Waals surface area contributed by atoms with E-state index in [1.54, 1.807) is 12.1 Å². The summed E-state index contributed by atoms with van der Waals surface area (Å²) in [7, 11) is 0. The number of halogens is 1. The van der Waals surface area contributed by atoms with Crippen molar-refractivity contribution in [3.05, 3.63) is 76.6 Å². The van der Waals surface area contributed by atoms with Crippen molar-refractivity contribution in [2.75, 3.05) is 0 Å². The Kier molecular flexibility index (Phi) is 5.89. The number of benzene rings is 2. The summed E-state index contributed by atoms with van der Waals surface area (Å²) in [4.78, 5) is 10.8. The van der Waals surface area contributed by atoms with E-state index < -0.39 is 11.8 Å². The second kappa shape index (κ2) is 8.10. The maximum absolute atomic E-state index is 14.2. The first-order valence-corrected chi connectivity index (χ1v) is 10.2. The number of hydrogen-bond acceptors (Lipinski definition) is 2. The molecular formula is C26H29FO3. The molecular weight excluding hydrogens is 379 g/mol. The van der Waals surface area contributed by atoms with Crippen LogP contribution in [0, 0.1) is 16.6 Å². The van der Waals surface area contributed by atoms with Gasteiger partial charge in [-0.2, -0.15) is 0 Å². The molecule has 30 heavy (non-hydrogen) atoms. The monoisotopic (exact) mass is 408 g/mol.